The van der Waals surface area contributed by atoms with Gasteiger partial charge in [0.25, 0.3) is 0 Å². The van der Waals surface area contributed by atoms with Crippen molar-refractivity contribution >= 4 is 11.6 Å². The first-order chi connectivity index (χ1) is 3.68. The summed E-state index contributed by atoms with van der Waals surface area (Å²) in [6, 6.07) is 0. The Morgan fingerprint density at radius 3 is 2.12 bits per heavy atom. The third-order valence-corrected chi connectivity index (χ3v) is 1.28. The zero-order valence-electron chi connectivity index (χ0n) is 5.13. The Labute approximate surface area is 55.0 Å². The van der Waals surface area contributed by atoms with Crippen molar-refractivity contribution in [1.29, 1.82) is 0 Å². The summed E-state index contributed by atoms with van der Waals surface area (Å²) >= 11 is 5.25. The molecule has 0 saturated carbocycles. The van der Waals surface area contributed by atoms with Crippen LogP contribution in [0.1, 0.15) is 13.8 Å². The zero-order valence-corrected chi connectivity index (χ0v) is 5.89. The molecule has 8 heavy (non-hydrogen) atoms. The van der Waals surface area contributed by atoms with Crippen LogP contribution in [0.4, 0.5) is 0 Å². The molecular weight excluding hydrogens is 124 g/mol. The van der Waals surface area contributed by atoms with E-state index in [0.717, 1.165) is 0 Å². The first-order valence-corrected chi connectivity index (χ1v) is 3.07. The van der Waals surface area contributed by atoms with E-state index in [4.69, 9.17) is 16.7 Å². The van der Waals surface area contributed by atoms with Crippen molar-refractivity contribution in [2.24, 2.45) is 5.92 Å². The molecule has 0 aromatic carbocycles. The van der Waals surface area contributed by atoms with E-state index in [1.807, 2.05) is 6.92 Å². The Kier molecular flexibility index (Phi) is 3.92. The minimum absolute atomic E-state index is 0.160. The molecule has 0 aliphatic carbocycles. The molecule has 48 valence electrons. The van der Waals surface area contributed by atoms with Gasteiger partial charge in [0, 0.05) is 11.5 Å². The van der Waals surface area contributed by atoms with Gasteiger partial charge in [-0.05, 0) is 6.92 Å². The molecule has 0 bridgehead atoms. The molecule has 0 amide bonds. The molecule has 0 aliphatic heterocycles. The van der Waals surface area contributed by atoms with Gasteiger partial charge in [-0.1, -0.05) is 24.6 Å². The molecule has 0 radical (unpaired) electrons. The average molecular weight is 135 g/mol. The van der Waals surface area contributed by atoms with E-state index in [-0.39, 0.29) is 12.0 Å². The summed E-state index contributed by atoms with van der Waals surface area (Å²) in [6.45, 7) is 3.64. The SMILES string of the molecule is CC(O)C(C)/C=C/Cl. The zero-order chi connectivity index (χ0) is 6.57. The summed E-state index contributed by atoms with van der Waals surface area (Å²) < 4.78 is 0. The lowest BCUT2D eigenvalue weighted by atomic mass is 10.1. The highest BCUT2D eigenvalue weighted by atomic mass is 35.5. The molecule has 0 spiro atoms. The van der Waals surface area contributed by atoms with Crippen LogP contribution in [0.3, 0.4) is 0 Å². The lowest BCUT2D eigenvalue weighted by molar-refractivity contribution is 0.157. The van der Waals surface area contributed by atoms with Crippen LogP contribution in [0.25, 0.3) is 0 Å². The summed E-state index contributed by atoms with van der Waals surface area (Å²) in [5.74, 6) is 0.160. The van der Waals surface area contributed by atoms with Crippen LogP contribution in [0.15, 0.2) is 11.6 Å². The highest BCUT2D eigenvalue weighted by Crippen LogP contribution is 2.03. The van der Waals surface area contributed by atoms with Crippen LogP contribution >= 0.6 is 11.6 Å². The number of aliphatic hydroxyl groups excluding tert-OH is 1. The van der Waals surface area contributed by atoms with Crippen LogP contribution in [-0.4, -0.2) is 11.2 Å². The fourth-order valence-corrected chi connectivity index (χ4v) is 0.505. The second kappa shape index (κ2) is 3.93. The molecule has 2 atom stereocenters. The van der Waals surface area contributed by atoms with Crippen LogP contribution < -0.4 is 0 Å². The smallest absolute Gasteiger partial charge is 0.0572 e. The van der Waals surface area contributed by atoms with Crippen molar-refractivity contribution < 1.29 is 5.11 Å². The molecule has 0 fully saturated rings. The van der Waals surface area contributed by atoms with E-state index >= 15 is 0 Å². The molecule has 0 aliphatic rings. The summed E-state index contributed by atoms with van der Waals surface area (Å²) in [4.78, 5) is 0. The fourth-order valence-electron chi connectivity index (χ4n) is 0.276. The first kappa shape index (κ1) is 7.99. The van der Waals surface area contributed by atoms with Gasteiger partial charge in [0.15, 0.2) is 0 Å². The number of hydrogen-bond acceptors (Lipinski definition) is 1. The molecule has 0 heterocycles. The van der Waals surface area contributed by atoms with E-state index in [2.05, 4.69) is 0 Å². The quantitative estimate of drug-likeness (QED) is 0.610. The molecule has 2 heteroatoms. The van der Waals surface area contributed by atoms with Crippen LogP contribution in [0, 0.1) is 5.92 Å². The van der Waals surface area contributed by atoms with Crippen molar-refractivity contribution in [3.05, 3.63) is 11.6 Å². The number of halogens is 1. The predicted octanol–water partition coefficient (Wildman–Crippen LogP) is 1.76. The maximum absolute atomic E-state index is 8.84. The highest BCUT2D eigenvalue weighted by molar-refractivity contribution is 6.25. The van der Waals surface area contributed by atoms with Gasteiger partial charge in [-0.2, -0.15) is 0 Å². The average Bonchev–Trinajstić information content (AvgIpc) is 1.67. The summed E-state index contributed by atoms with van der Waals surface area (Å²) in [6.07, 6.45) is 1.46. The molecule has 0 rings (SSSR count). The Balaban J connectivity index is 3.47. The van der Waals surface area contributed by atoms with Crippen LogP contribution in [0.5, 0.6) is 0 Å². The van der Waals surface area contributed by atoms with Gasteiger partial charge >= 0.3 is 0 Å². The topological polar surface area (TPSA) is 20.2 Å². The van der Waals surface area contributed by atoms with Gasteiger partial charge in [0.05, 0.1) is 6.10 Å². The normalized spacial score (nSPS) is 19.0. The van der Waals surface area contributed by atoms with Gasteiger partial charge in [-0.15, -0.1) is 0 Å². The highest BCUT2D eigenvalue weighted by Gasteiger charge is 2.01. The van der Waals surface area contributed by atoms with E-state index < -0.39 is 0 Å². The van der Waals surface area contributed by atoms with Crippen LogP contribution in [-0.2, 0) is 0 Å². The Bertz CT molecular complexity index is 78.6. The van der Waals surface area contributed by atoms with Gasteiger partial charge in [0.1, 0.15) is 0 Å². The van der Waals surface area contributed by atoms with Crippen molar-refractivity contribution in [2.75, 3.05) is 0 Å². The van der Waals surface area contributed by atoms with E-state index in [0.29, 0.717) is 0 Å². The maximum atomic E-state index is 8.84. The maximum Gasteiger partial charge on any atom is 0.0572 e. The molecule has 0 aromatic heterocycles. The number of hydrogen-bond donors (Lipinski definition) is 1. The van der Waals surface area contributed by atoms with Gasteiger partial charge in [-0.25, -0.2) is 0 Å². The van der Waals surface area contributed by atoms with Gasteiger partial charge < -0.3 is 5.11 Å². The van der Waals surface area contributed by atoms with Crippen molar-refractivity contribution in [1.82, 2.24) is 0 Å². The molecule has 2 unspecified atom stereocenters. The number of rotatable bonds is 2. The standard InChI is InChI=1S/C6H11ClO/c1-5(3-4-7)6(2)8/h3-6,8H,1-2H3/b4-3+. The lowest BCUT2D eigenvalue weighted by Gasteiger charge is -2.06. The van der Waals surface area contributed by atoms with Crippen molar-refractivity contribution in [3.8, 4) is 0 Å². The molecule has 1 N–H and O–H groups in total. The molecule has 0 saturated heterocycles. The second-order valence-corrected chi connectivity index (χ2v) is 2.17. The van der Waals surface area contributed by atoms with Crippen LogP contribution in [0.2, 0.25) is 0 Å². The largest absolute Gasteiger partial charge is 0.393 e. The third kappa shape index (κ3) is 3.05. The van der Waals surface area contributed by atoms with Crippen molar-refractivity contribution in [3.63, 3.8) is 0 Å². The minimum Gasteiger partial charge on any atom is -0.393 e. The first-order valence-electron chi connectivity index (χ1n) is 2.63. The second-order valence-electron chi connectivity index (χ2n) is 1.92. The summed E-state index contributed by atoms with van der Waals surface area (Å²) in [5.41, 5.74) is 1.43. The fraction of sp³-hybridized carbons (Fsp3) is 0.667. The monoisotopic (exact) mass is 134 g/mol. The summed E-state index contributed by atoms with van der Waals surface area (Å²) in [5, 5.41) is 8.84. The lowest BCUT2D eigenvalue weighted by Crippen LogP contribution is -2.09. The third-order valence-electron chi connectivity index (χ3n) is 1.14. The Morgan fingerprint density at radius 2 is 2.00 bits per heavy atom. The molecule has 0 aromatic rings. The summed E-state index contributed by atoms with van der Waals surface area (Å²) in [7, 11) is 0. The van der Waals surface area contributed by atoms with E-state index in [1.54, 1.807) is 13.0 Å². The minimum atomic E-state index is -0.301. The number of aliphatic hydroxyl groups is 1. The van der Waals surface area contributed by atoms with E-state index in [1.165, 1.54) is 5.54 Å². The Morgan fingerprint density at radius 1 is 1.50 bits per heavy atom. The van der Waals surface area contributed by atoms with E-state index in [9.17, 15) is 0 Å². The van der Waals surface area contributed by atoms with Gasteiger partial charge in [-0.3, -0.25) is 0 Å². The van der Waals surface area contributed by atoms with Crippen molar-refractivity contribution in [2.45, 2.75) is 20.0 Å². The molecular formula is C6H11ClO. The Hall–Kier alpha value is -0.0100. The van der Waals surface area contributed by atoms with Gasteiger partial charge in [0.2, 0.25) is 0 Å². The molecule has 1 nitrogen and oxygen atoms in total. The predicted molar refractivity (Wildman–Crippen MR) is 35.8 cm³/mol.